The molecular formula is C26H29F3N7O4. The van der Waals surface area contributed by atoms with Crippen LogP contribution >= 0.6 is 0 Å². The van der Waals surface area contributed by atoms with Gasteiger partial charge in [0.15, 0.2) is 0 Å². The lowest BCUT2D eigenvalue weighted by Gasteiger charge is -2.33. The molecule has 40 heavy (non-hydrogen) atoms. The fourth-order valence-corrected chi connectivity index (χ4v) is 5.25. The van der Waals surface area contributed by atoms with Gasteiger partial charge in [-0.25, -0.2) is 4.79 Å². The van der Waals surface area contributed by atoms with Gasteiger partial charge in [-0.05, 0) is 30.1 Å². The molecule has 2 atom stereocenters. The first kappa shape index (κ1) is 27.6. The minimum Gasteiger partial charge on any atom is -0.465 e. The number of hydrogen-bond donors (Lipinski definition) is 3. The average molecular weight is 561 g/mol. The van der Waals surface area contributed by atoms with Crippen molar-refractivity contribution >= 4 is 23.6 Å². The van der Waals surface area contributed by atoms with Gasteiger partial charge < -0.3 is 20.2 Å². The van der Waals surface area contributed by atoms with Crippen LogP contribution in [0.5, 0.6) is 0 Å². The molecular weight excluding hydrogens is 531 g/mol. The van der Waals surface area contributed by atoms with Crippen molar-refractivity contribution in [2.45, 2.75) is 52.3 Å². The molecule has 2 aromatic heterocycles. The smallest absolute Gasteiger partial charge is 0.417 e. The van der Waals surface area contributed by atoms with Crippen LogP contribution in [-0.2, 0) is 28.6 Å². The summed E-state index contributed by atoms with van der Waals surface area (Å²) in [5.41, 5.74) is 1.04. The van der Waals surface area contributed by atoms with E-state index in [1.807, 2.05) is 0 Å². The molecule has 4 heterocycles. The zero-order valence-electron chi connectivity index (χ0n) is 22.2. The maximum absolute atomic E-state index is 13.8. The van der Waals surface area contributed by atoms with Gasteiger partial charge in [0.05, 0.1) is 34.4 Å². The number of carbonyl (C=O) groups is 3. The topological polar surface area (TPSA) is 144 Å². The molecule has 5 rings (SSSR count). The van der Waals surface area contributed by atoms with Crippen LogP contribution in [0.3, 0.4) is 0 Å². The standard InChI is InChI=1S/C26H29F3N7O4/c1-25(2,3)23(38)31-19-7-15(26(27,28)29)9-30-18(19)8-21-16-12-35(24(39)40)10-14(16)11-36(21)22(37)13-4-5-17-20(6-13)33-34-32-17/h7-9,13,21H,4-6,10-12H2,1-3H3,(H,31,38)(H,39,40)(H,32,33,34)/t13-,21?/m1/s1. The highest BCUT2D eigenvalue weighted by atomic mass is 19.4. The van der Waals surface area contributed by atoms with Crippen LogP contribution in [0.25, 0.3) is 0 Å². The second kappa shape index (κ2) is 9.89. The second-order valence-electron chi connectivity index (χ2n) is 11.4. The highest BCUT2D eigenvalue weighted by Gasteiger charge is 2.44. The monoisotopic (exact) mass is 560 g/mol. The van der Waals surface area contributed by atoms with Crippen LogP contribution in [-0.4, -0.2) is 78.9 Å². The Kier molecular flexibility index (Phi) is 6.83. The maximum atomic E-state index is 13.8. The summed E-state index contributed by atoms with van der Waals surface area (Å²) in [7, 11) is 0. The van der Waals surface area contributed by atoms with Crippen molar-refractivity contribution in [3.05, 3.63) is 52.5 Å². The second-order valence-corrected chi connectivity index (χ2v) is 11.4. The van der Waals surface area contributed by atoms with E-state index in [-0.39, 0.29) is 42.8 Å². The Balaban J connectivity index is 1.47. The van der Waals surface area contributed by atoms with Crippen molar-refractivity contribution in [1.82, 2.24) is 30.2 Å². The number of carbonyl (C=O) groups excluding carboxylic acids is 2. The molecule has 0 saturated heterocycles. The zero-order chi connectivity index (χ0) is 29.0. The molecule has 0 fully saturated rings. The lowest BCUT2D eigenvalue weighted by molar-refractivity contribution is -0.138. The summed E-state index contributed by atoms with van der Waals surface area (Å²) in [5, 5.41) is 22.8. The van der Waals surface area contributed by atoms with Gasteiger partial charge in [0.1, 0.15) is 0 Å². The number of H-pyrrole nitrogens is 1. The average Bonchev–Trinajstić information content (AvgIpc) is 3.58. The number of hydrogen-bond acceptors (Lipinski definition) is 6. The van der Waals surface area contributed by atoms with Crippen molar-refractivity contribution < 1.29 is 32.7 Å². The quantitative estimate of drug-likeness (QED) is 0.488. The van der Waals surface area contributed by atoms with Gasteiger partial charge >= 0.3 is 12.3 Å². The minimum atomic E-state index is -4.69. The third-order valence-electron chi connectivity index (χ3n) is 7.53. The van der Waals surface area contributed by atoms with Gasteiger partial charge in [-0.2, -0.15) is 13.2 Å². The Morgan fingerprint density at radius 2 is 1.93 bits per heavy atom. The normalized spacial score (nSPS) is 20.9. The minimum absolute atomic E-state index is 0.0536. The maximum Gasteiger partial charge on any atom is 0.417 e. The summed E-state index contributed by atoms with van der Waals surface area (Å²) in [4.78, 5) is 45.1. The number of aryl methyl sites for hydroxylation is 1. The Hall–Kier alpha value is -3.97. The Morgan fingerprint density at radius 1 is 1.18 bits per heavy atom. The Labute approximate surface area is 227 Å². The first-order valence-electron chi connectivity index (χ1n) is 12.8. The fourth-order valence-electron chi connectivity index (χ4n) is 5.25. The summed E-state index contributed by atoms with van der Waals surface area (Å²) >= 11 is 0. The third-order valence-corrected chi connectivity index (χ3v) is 7.53. The van der Waals surface area contributed by atoms with E-state index in [1.165, 1.54) is 11.3 Å². The molecule has 0 spiro atoms. The van der Waals surface area contributed by atoms with Crippen LogP contribution in [0.4, 0.5) is 23.7 Å². The van der Waals surface area contributed by atoms with Gasteiger partial charge in [0.2, 0.25) is 11.8 Å². The summed E-state index contributed by atoms with van der Waals surface area (Å²) in [5.74, 6) is -1.06. The first-order chi connectivity index (χ1) is 18.7. The fraction of sp³-hybridized carbons (Fsp3) is 0.500. The molecule has 11 nitrogen and oxygen atoms in total. The van der Waals surface area contributed by atoms with Crippen molar-refractivity contribution in [2.75, 3.05) is 25.0 Å². The van der Waals surface area contributed by atoms with E-state index < -0.39 is 35.2 Å². The molecule has 3 amide bonds. The molecule has 0 aromatic carbocycles. The zero-order valence-corrected chi connectivity index (χ0v) is 22.2. The van der Waals surface area contributed by atoms with Gasteiger partial charge in [0.25, 0.3) is 0 Å². The van der Waals surface area contributed by atoms with E-state index in [9.17, 15) is 32.7 Å². The van der Waals surface area contributed by atoms with Gasteiger partial charge in [-0.3, -0.25) is 19.7 Å². The number of amides is 3. The van der Waals surface area contributed by atoms with Gasteiger partial charge in [-0.1, -0.05) is 26.0 Å². The number of nitrogens with one attached hydrogen (secondary N) is 2. The lowest BCUT2D eigenvalue weighted by atomic mass is 9.88. The van der Waals surface area contributed by atoms with Crippen LogP contribution in [0.15, 0.2) is 23.4 Å². The third kappa shape index (κ3) is 5.26. The molecule has 1 radical (unpaired) electrons. The molecule has 2 aromatic rings. The van der Waals surface area contributed by atoms with E-state index in [1.54, 1.807) is 25.7 Å². The number of halogens is 3. The Morgan fingerprint density at radius 3 is 2.60 bits per heavy atom. The number of pyridine rings is 1. The number of anilines is 1. The van der Waals surface area contributed by atoms with Crippen molar-refractivity contribution in [3.8, 4) is 0 Å². The van der Waals surface area contributed by atoms with Gasteiger partial charge in [0, 0.05) is 50.0 Å². The molecule has 3 aliphatic rings. The summed E-state index contributed by atoms with van der Waals surface area (Å²) in [6.45, 7) is 5.26. The number of nitrogens with zero attached hydrogens (tertiary/aromatic N) is 5. The molecule has 0 saturated carbocycles. The van der Waals surface area contributed by atoms with E-state index in [2.05, 4.69) is 25.7 Å². The predicted octanol–water partition coefficient (Wildman–Crippen LogP) is 3.06. The number of aromatic amines is 1. The van der Waals surface area contributed by atoms with Crippen molar-refractivity contribution in [3.63, 3.8) is 0 Å². The number of fused-ring (bicyclic) bond motifs is 1. The van der Waals surface area contributed by atoms with Crippen LogP contribution in [0.1, 0.15) is 49.8 Å². The van der Waals surface area contributed by atoms with E-state index in [4.69, 9.17) is 0 Å². The first-order valence-corrected chi connectivity index (χ1v) is 12.8. The Bertz CT molecular complexity index is 1400. The molecule has 14 heteroatoms. The number of rotatable bonds is 4. The summed E-state index contributed by atoms with van der Waals surface area (Å²) in [6, 6.07) is 0.0738. The number of aromatic nitrogens is 4. The number of alkyl halides is 3. The van der Waals surface area contributed by atoms with E-state index in [0.717, 1.165) is 23.0 Å². The molecule has 1 unspecified atom stereocenters. The molecule has 3 N–H and O–H groups in total. The largest absolute Gasteiger partial charge is 0.465 e. The summed E-state index contributed by atoms with van der Waals surface area (Å²) in [6.07, 6.45) is -2.02. The lowest BCUT2D eigenvalue weighted by Crippen LogP contribution is -2.45. The van der Waals surface area contributed by atoms with E-state index >= 15 is 0 Å². The highest BCUT2D eigenvalue weighted by molar-refractivity contribution is 5.95. The van der Waals surface area contributed by atoms with Crippen molar-refractivity contribution in [2.24, 2.45) is 11.3 Å². The number of carboxylic acid groups (broad SMARTS) is 1. The molecule has 2 aliphatic heterocycles. The summed E-state index contributed by atoms with van der Waals surface area (Å²) < 4.78 is 40.6. The van der Waals surface area contributed by atoms with Crippen molar-refractivity contribution in [1.29, 1.82) is 0 Å². The molecule has 0 bridgehead atoms. The van der Waals surface area contributed by atoms with E-state index in [0.29, 0.717) is 31.0 Å². The predicted molar refractivity (Wildman–Crippen MR) is 135 cm³/mol. The highest BCUT2D eigenvalue weighted by Crippen LogP contribution is 2.38. The molecule has 213 valence electrons. The SMILES string of the molecule is CC(C)(C)C(=O)Nc1cc(C(F)(F)F)cnc1[CH]C1C2=C(CN(C(=O)O)C2)CN1C(=O)[C@@H]1CCc2[nH]nnc2C1. The molecule has 1 aliphatic carbocycles. The van der Waals surface area contributed by atoms with Gasteiger partial charge in [-0.15, -0.1) is 5.10 Å². The van der Waals surface area contributed by atoms with Crippen LogP contribution in [0.2, 0.25) is 0 Å². The van der Waals surface area contributed by atoms with Crippen LogP contribution < -0.4 is 5.32 Å². The van der Waals surface area contributed by atoms with Crippen LogP contribution in [0, 0.1) is 17.8 Å².